The number of fused-ring (bicyclic) bond motifs is 1. The van der Waals surface area contributed by atoms with Crippen LogP contribution in [0.5, 0.6) is 0 Å². The lowest BCUT2D eigenvalue weighted by Gasteiger charge is -2.04. The van der Waals surface area contributed by atoms with Gasteiger partial charge in [0.1, 0.15) is 10.7 Å². The van der Waals surface area contributed by atoms with Crippen molar-refractivity contribution >= 4 is 38.2 Å². The van der Waals surface area contributed by atoms with Crippen molar-refractivity contribution in [2.24, 2.45) is 5.14 Å². The van der Waals surface area contributed by atoms with Crippen LogP contribution >= 0.6 is 11.3 Å². The topological polar surface area (TPSA) is 118 Å². The molecule has 0 unspecified atom stereocenters. The van der Waals surface area contributed by atoms with E-state index in [2.05, 4.69) is 15.3 Å². The highest BCUT2D eigenvalue weighted by atomic mass is 32.2. The number of sulfonamides is 1. The molecule has 0 spiro atoms. The molecule has 2 aromatic heterocycles. The molecule has 2 heterocycles. The second-order valence-electron chi connectivity index (χ2n) is 6.50. The van der Waals surface area contributed by atoms with Crippen molar-refractivity contribution in [3.63, 3.8) is 0 Å². The first-order chi connectivity index (χ1) is 13.9. The summed E-state index contributed by atoms with van der Waals surface area (Å²) in [5.41, 5.74) is 3.17. The first kappa shape index (κ1) is 19.3. The van der Waals surface area contributed by atoms with E-state index in [9.17, 15) is 13.2 Å². The quantitative estimate of drug-likeness (QED) is 0.439. The number of primary sulfonamides is 1. The van der Waals surface area contributed by atoms with Crippen molar-refractivity contribution in [2.75, 3.05) is 6.54 Å². The van der Waals surface area contributed by atoms with Gasteiger partial charge in [0.2, 0.25) is 10.0 Å². The Hall–Kier alpha value is -3.01. The minimum absolute atomic E-state index is 0.0669. The van der Waals surface area contributed by atoms with Crippen LogP contribution in [0, 0.1) is 0 Å². The number of carbonyl (C=O) groups excluding carboxylic acids is 1. The van der Waals surface area contributed by atoms with Crippen LogP contribution in [0.1, 0.15) is 16.1 Å². The first-order valence-electron chi connectivity index (χ1n) is 8.84. The van der Waals surface area contributed by atoms with E-state index in [-0.39, 0.29) is 10.8 Å². The largest absolute Gasteiger partial charge is 0.353 e. The van der Waals surface area contributed by atoms with E-state index in [0.717, 1.165) is 27.2 Å². The molecule has 148 valence electrons. The number of hydrogen-bond acceptors (Lipinski definition) is 5. The lowest BCUT2D eigenvalue weighted by Crippen LogP contribution is -2.26. The van der Waals surface area contributed by atoms with Gasteiger partial charge in [-0.1, -0.05) is 30.3 Å². The monoisotopic (exact) mass is 426 g/mol. The summed E-state index contributed by atoms with van der Waals surface area (Å²) in [6.07, 6.45) is 0.565. The van der Waals surface area contributed by atoms with Gasteiger partial charge >= 0.3 is 0 Å². The average Bonchev–Trinajstić information content (AvgIpc) is 3.34. The van der Waals surface area contributed by atoms with E-state index in [1.165, 1.54) is 23.5 Å². The van der Waals surface area contributed by atoms with Gasteiger partial charge in [-0.3, -0.25) is 4.79 Å². The molecule has 4 N–H and O–H groups in total. The summed E-state index contributed by atoms with van der Waals surface area (Å²) in [5, 5.41) is 11.5. The smallest absolute Gasteiger partial charge is 0.270 e. The highest BCUT2D eigenvalue weighted by Crippen LogP contribution is 2.26. The minimum Gasteiger partial charge on any atom is -0.353 e. The van der Waals surface area contributed by atoms with Gasteiger partial charge < -0.3 is 10.3 Å². The molecule has 0 aliphatic carbocycles. The van der Waals surface area contributed by atoms with Crippen LogP contribution in [-0.4, -0.2) is 30.8 Å². The molecule has 4 rings (SSSR count). The van der Waals surface area contributed by atoms with E-state index in [1.807, 2.05) is 30.3 Å². The number of nitrogens with zero attached hydrogens (tertiary/aromatic N) is 1. The number of para-hydroxylation sites is 1. The summed E-state index contributed by atoms with van der Waals surface area (Å²) in [6.45, 7) is 0.410. The number of nitrogens with one attached hydrogen (secondary N) is 2. The molecule has 1 amide bonds. The van der Waals surface area contributed by atoms with Gasteiger partial charge in [0, 0.05) is 22.8 Å². The third-order valence-electron chi connectivity index (χ3n) is 4.45. The van der Waals surface area contributed by atoms with Crippen LogP contribution in [0.2, 0.25) is 0 Å². The standard InChI is InChI=1S/C20H18N4O3S2/c21-29(26,27)15-7-5-13(6-8-15)9-10-22-19(25)18-12-28-20(24-18)17-11-14-3-1-2-4-16(14)23-17/h1-8,11-12,23H,9-10H2,(H,22,25)(H2,21,26,27). The van der Waals surface area contributed by atoms with Crippen LogP contribution < -0.4 is 10.5 Å². The molecule has 0 bridgehead atoms. The third kappa shape index (κ3) is 4.37. The Kier molecular flexibility index (Phi) is 5.18. The summed E-state index contributed by atoms with van der Waals surface area (Å²) >= 11 is 1.41. The highest BCUT2D eigenvalue weighted by Gasteiger charge is 2.13. The minimum atomic E-state index is -3.70. The number of hydrogen-bond donors (Lipinski definition) is 3. The molecule has 0 fully saturated rings. The molecule has 9 heteroatoms. The van der Waals surface area contributed by atoms with Gasteiger partial charge in [-0.05, 0) is 36.2 Å². The van der Waals surface area contributed by atoms with E-state index in [4.69, 9.17) is 5.14 Å². The molecule has 0 radical (unpaired) electrons. The zero-order chi connectivity index (χ0) is 20.4. The first-order valence-corrected chi connectivity index (χ1v) is 11.3. The number of nitrogens with two attached hydrogens (primary N) is 1. The molecular weight excluding hydrogens is 408 g/mol. The number of benzene rings is 2. The van der Waals surface area contributed by atoms with Crippen LogP contribution in [0.15, 0.2) is 64.9 Å². The molecule has 0 aliphatic rings. The molecule has 0 saturated carbocycles. The lowest BCUT2D eigenvalue weighted by molar-refractivity contribution is 0.0950. The predicted octanol–water partition coefficient (Wildman–Crippen LogP) is 2.91. The van der Waals surface area contributed by atoms with Gasteiger partial charge in [0.15, 0.2) is 0 Å². The molecule has 29 heavy (non-hydrogen) atoms. The maximum Gasteiger partial charge on any atom is 0.270 e. The molecule has 0 saturated heterocycles. The molecule has 0 aliphatic heterocycles. The van der Waals surface area contributed by atoms with Crippen molar-refractivity contribution in [3.05, 3.63) is 71.2 Å². The van der Waals surface area contributed by atoms with Crippen molar-refractivity contribution < 1.29 is 13.2 Å². The van der Waals surface area contributed by atoms with E-state index < -0.39 is 10.0 Å². The molecule has 4 aromatic rings. The van der Waals surface area contributed by atoms with Crippen molar-refractivity contribution in [3.8, 4) is 10.7 Å². The molecule has 2 aromatic carbocycles. The number of aromatic amines is 1. The summed E-state index contributed by atoms with van der Waals surface area (Å²) in [7, 11) is -3.70. The Morgan fingerprint density at radius 3 is 2.62 bits per heavy atom. The zero-order valence-electron chi connectivity index (χ0n) is 15.3. The predicted molar refractivity (Wildman–Crippen MR) is 113 cm³/mol. The van der Waals surface area contributed by atoms with E-state index in [1.54, 1.807) is 17.5 Å². The number of aromatic nitrogens is 2. The fourth-order valence-corrected chi connectivity index (χ4v) is 4.23. The number of carbonyl (C=O) groups is 1. The van der Waals surface area contributed by atoms with E-state index >= 15 is 0 Å². The summed E-state index contributed by atoms with van der Waals surface area (Å²) in [5.74, 6) is -0.246. The van der Waals surface area contributed by atoms with Crippen LogP contribution in [-0.2, 0) is 16.4 Å². The maximum atomic E-state index is 12.4. The second kappa shape index (κ2) is 7.78. The number of rotatable bonds is 6. The van der Waals surface area contributed by atoms with Gasteiger partial charge in [-0.25, -0.2) is 18.5 Å². The Bertz CT molecular complexity index is 1240. The molecule has 0 atom stereocenters. The Balaban J connectivity index is 1.37. The average molecular weight is 427 g/mol. The van der Waals surface area contributed by atoms with Crippen LogP contribution in [0.25, 0.3) is 21.6 Å². The number of amides is 1. The lowest BCUT2D eigenvalue weighted by atomic mass is 10.1. The SMILES string of the molecule is NS(=O)(=O)c1ccc(CCNC(=O)c2csc(-c3cc4ccccc4[nH]3)n2)cc1. The van der Waals surface area contributed by atoms with Crippen molar-refractivity contribution in [1.29, 1.82) is 0 Å². The van der Waals surface area contributed by atoms with Crippen molar-refractivity contribution in [1.82, 2.24) is 15.3 Å². The van der Waals surface area contributed by atoms with Gasteiger partial charge in [-0.15, -0.1) is 11.3 Å². The Labute approximate surface area is 171 Å². The fourth-order valence-electron chi connectivity index (χ4n) is 2.95. The summed E-state index contributed by atoms with van der Waals surface area (Å²) in [4.78, 5) is 20.2. The molecule has 7 nitrogen and oxygen atoms in total. The fraction of sp³-hybridized carbons (Fsp3) is 0.100. The van der Waals surface area contributed by atoms with Crippen molar-refractivity contribution in [2.45, 2.75) is 11.3 Å². The summed E-state index contributed by atoms with van der Waals surface area (Å²) in [6, 6.07) is 16.3. The Morgan fingerprint density at radius 1 is 1.14 bits per heavy atom. The zero-order valence-corrected chi connectivity index (χ0v) is 16.9. The van der Waals surface area contributed by atoms with Gasteiger partial charge in [0.25, 0.3) is 5.91 Å². The van der Waals surface area contributed by atoms with Crippen LogP contribution in [0.3, 0.4) is 0 Å². The normalized spacial score (nSPS) is 11.6. The number of thiazole rings is 1. The number of H-pyrrole nitrogens is 1. The Morgan fingerprint density at radius 2 is 1.90 bits per heavy atom. The van der Waals surface area contributed by atoms with Gasteiger partial charge in [-0.2, -0.15) is 0 Å². The van der Waals surface area contributed by atoms with Crippen LogP contribution in [0.4, 0.5) is 0 Å². The third-order valence-corrected chi connectivity index (χ3v) is 6.25. The second-order valence-corrected chi connectivity index (χ2v) is 8.92. The molecular formula is C20H18N4O3S2. The van der Waals surface area contributed by atoms with E-state index in [0.29, 0.717) is 18.7 Å². The van der Waals surface area contributed by atoms with Gasteiger partial charge in [0.05, 0.1) is 10.6 Å². The maximum absolute atomic E-state index is 12.4. The summed E-state index contributed by atoms with van der Waals surface area (Å²) < 4.78 is 22.5. The highest BCUT2D eigenvalue weighted by molar-refractivity contribution is 7.89.